The summed E-state index contributed by atoms with van der Waals surface area (Å²) in [4.78, 5) is 23.3. The van der Waals surface area contributed by atoms with Crippen molar-refractivity contribution >= 4 is 27.6 Å². The number of methoxy groups -OCH3 is 2. The molecule has 0 amide bonds. The quantitative estimate of drug-likeness (QED) is 0.544. The van der Waals surface area contributed by atoms with Gasteiger partial charge in [-0.05, 0) is 31.0 Å². The Morgan fingerprint density at radius 3 is 2.46 bits per heavy atom. The van der Waals surface area contributed by atoms with Crippen LogP contribution < -0.4 is 10.0 Å². The lowest BCUT2D eigenvalue weighted by Gasteiger charge is -2.14. The van der Waals surface area contributed by atoms with Gasteiger partial charge < -0.3 is 14.8 Å². The summed E-state index contributed by atoms with van der Waals surface area (Å²) in [5.74, 6) is -1.53. The number of hydrogen-bond acceptors (Lipinski definition) is 7. The molecule has 0 aromatic heterocycles. The number of carbonyl (C=O) groups excluding carboxylic acids is 2. The van der Waals surface area contributed by atoms with Crippen molar-refractivity contribution < 1.29 is 27.5 Å². The van der Waals surface area contributed by atoms with Gasteiger partial charge in [0, 0.05) is 11.7 Å². The lowest BCUT2D eigenvalue weighted by atomic mass is 10.3. The fraction of sp³-hybridized carbons (Fsp3) is 0.412. The van der Waals surface area contributed by atoms with E-state index in [0.29, 0.717) is 5.69 Å². The van der Waals surface area contributed by atoms with Crippen LogP contribution in [0.5, 0.6) is 0 Å². The molecule has 0 aliphatic heterocycles. The fourth-order valence-electron chi connectivity index (χ4n) is 2.66. The van der Waals surface area contributed by atoms with Gasteiger partial charge in [0.15, 0.2) is 0 Å². The van der Waals surface area contributed by atoms with E-state index in [-0.39, 0.29) is 16.6 Å². The van der Waals surface area contributed by atoms with Crippen molar-refractivity contribution in [2.45, 2.75) is 36.6 Å². The molecule has 0 radical (unpaired) electrons. The molecule has 142 valence electrons. The molecule has 0 bridgehead atoms. The van der Waals surface area contributed by atoms with Crippen LogP contribution in [0.2, 0.25) is 0 Å². The summed E-state index contributed by atoms with van der Waals surface area (Å²) in [6.07, 6.45) is 4.60. The van der Waals surface area contributed by atoms with Crippen LogP contribution in [0.15, 0.2) is 40.9 Å². The Bertz CT molecular complexity index is 797. The summed E-state index contributed by atoms with van der Waals surface area (Å²) in [7, 11) is -1.33. The van der Waals surface area contributed by atoms with Crippen molar-refractivity contribution in [3.05, 3.63) is 36.0 Å². The van der Waals surface area contributed by atoms with Crippen LogP contribution in [0.3, 0.4) is 0 Å². The van der Waals surface area contributed by atoms with Gasteiger partial charge in [-0.2, -0.15) is 0 Å². The van der Waals surface area contributed by atoms with Crippen LogP contribution in [0.25, 0.3) is 0 Å². The maximum absolute atomic E-state index is 12.5. The number of sulfonamides is 1. The summed E-state index contributed by atoms with van der Waals surface area (Å²) in [6, 6.07) is 5.90. The van der Waals surface area contributed by atoms with Crippen LogP contribution >= 0.6 is 0 Å². The van der Waals surface area contributed by atoms with Crippen molar-refractivity contribution in [3.8, 4) is 0 Å². The first-order valence-corrected chi connectivity index (χ1v) is 9.61. The highest BCUT2D eigenvalue weighted by molar-refractivity contribution is 7.89. The third-order valence-corrected chi connectivity index (χ3v) is 5.49. The summed E-state index contributed by atoms with van der Waals surface area (Å²) in [6.45, 7) is 0. The highest BCUT2D eigenvalue weighted by Gasteiger charge is 2.23. The van der Waals surface area contributed by atoms with Gasteiger partial charge in [0.1, 0.15) is 5.70 Å². The second-order valence-electron chi connectivity index (χ2n) is 5.83. The molecule has 1 aromatic rings. The lowest BCUT2D eigenvalue weighted by Crippen LogP contribution is -2.32. The number of rotatable bonds is 7. The molecular weight excluding hydrogens is 360 g/mol. The predicted octanol–water partition coefficient (Wildman–Crippen LogP) is 1.55. The van der Waals surface area contributed by atoms with Gasteiger partial charge in [-0.1, -0.05) is 18.9 Å². The minimum Gasteiger partial charge on any atom is -0.466 e. The van der Waals surface area contributed by atoms with E-state index in [1.807, 2.05) is 0 Å². The zero-order valence-electron chi connectivity index (χ0n) is 14.7. The van der Waals surface area contributed by atoms with Crippen LogP contribution in [0.1, 0.15) is 25.7 Å². The summed E-state index contributed by atoms with van der Waals surface area (Å²) in [5, 5.41) is 2.69. The van der Waals surface area contributed by atoms with E-state index in [1.54, 1.807) is 12.1 Å². The van der Waals surface area contributed by atoms with E-state index in [4.69, 9.17) is 0 Å². The van der Waals surface area contributed by atoms with Crippen molar-refractivity contribution in [3.63, 3.8) is 0 Å². The summed E-state index contributed by atoms with van der Waals surface area (Å²) in [5.41, 5.74) is 0.150. The SMILES string of the molecule is COC(=O)/C=C(/Nc1cccc(S(=O)(=O)NC2CCCC2)c1)C(=O)OC. The molecule has 2 N–H and O–H groups in total. The van der Waals surface area contributed by atoms with Gasteiger partial charge in [-0.3, -0.25) is 0 Å². The average molecular weight is 382 g/mol. The van der Waals surface area contributed by atoms with Crippen molar-refractivity contribution in [2.24, 2.45) is 0 Å². The standard InChI is InChI=1S/C17H22N2O6S/c1-24-16(20)11-15(17(21)25-2)18-13-8-5-9-14(10-13)26(22,23)19-12-6-3-4-7-12/h5,8-12,18-19H,3-4,6-7H2,1-2H3/b15-11+. The summed E-state index contributed by atoms with van der Waals surface area (Å²) < 4.78 is 36.8. The number of nitrogens with one attached hydrogen (secondary N) is 2. The van der Waals surface area contributed by atoms with Crippen LogP contribution in [0.4, 0.5) is 5.69 Å². The molecule has 0 spiro atoms. The normalized spacial score (nSPS) is 15.5. The predicted molar refractivity (Wildman–Crippen MR) is 94.8 cm³/mol. The first kappa shape index (κ1) is 19.9. The molecule has 0 unspecified atom stereocenters. The Balaban J connectivity index is 2.22. The van der Waals surface area contributed by atoms with E-state index in [2.05, 4.69) is 19.5 Å². The Labute approximate surface area is 152 Å². The molecule has 1 aliphatic rings. The number of anilines is 1. The highest BCUT2D eigenvalue weighted by Crippen LogP contribution is 2.22. The average Bonchev–Trinajstić information content (AvgIpc) is 3.12. The minimum atomic E-state index is -3.67. The van der Waals surface area contributed by atoms with E-state index in [9.17, 15) is 18.0 Å². The van der Waals surface area contributed by atoms with Crippen LogP contribution in [-0.2, 0) is 29.1 Å². The summed E-state index contributed by atoms with van der Waals surface area (Å²) >= 11 is 0. The molecule has 26 heavy (non-hydrogen) atoms. The molecule has 8 nitrogen and oxygen atoms in total. The highest BCUT2D eigenvalue weighted by atomic mass is 32.2. The first-order valence-electron chi connectivity index (χ1n) is 8.13. The number of ether oxygens (including phenoxy) is 2. The molecule has 9 heteroatoms. The Morgan fingerprint density at radius 2 is 1.85 bits per heavy atom. The maximum atomic E-state index is 12.5. The number of hydrogen-bond donors (Lipinski definition) is 2. The third-order valence-electron chi connectivity index (χ3n) is 3.97. The van der Waals surface area contributed by atoms with Gasteiger partial charge in [-0.25, -0.2) is 22.7 Å². The topological polar surface area (TPSA) is 111 Å². The second-order valence-corrected chi connectivity index (χ2v) is 7.54. The van der Waals surface area contributed by atoms with E-state index in [1.165, 1.54) is 26.4 Å². The van der Waals surface area contributed by atoms with Gasteiger partial charge in [0.25, 0.3) is 0 Å². The van der Waals surface area contributed by atoms with Gasteiger partial charge >= 0.3 is 11.9 Å². The number of esters is 2. The first-order chi connectivity index (χ1) is 12.4. The largest absolute Gasteiger partial charge is 0.466 e. The maximum Gasteiger partial charge on any atom is 0.354 e. The fourth-order valence-corrected chi connectivity index (χ4v) is 4.01. The smallest absolute Gasteiger partial charge is 0.354 e. The van der Waals surface area contributed by atoms with Gasteiger partial charge in [-0.15, -0.1) is 0 Å². The van der Waals surface area contributed by atoms with Crippen molar-refractivity contribution in [2.75, 3.05) is 19.5 Å². The number of carbonyl (C=O) groups is 2. The van der Waals surface area contributed by atoms with E-state index >= 15 is 0 Å². The monoisotopic (exact) mass is 382 g/mol. The van der Waals surface area contributed by atoms with Gasteiger partial charge in [0.05, 0.1) is 25.2 Å². The Kier molecular flexibility index (Phi) is 6.76. The van der Waals surface area contributed by atoms with Crippen molar-refractivity contribution in [1.29, 1.82) is 0 Å². The van der Waals surface area contributed by atoms with Crippen molar-refractivity contribution in [1.82, 2.24) is 4.72 Å². The zero-order valence-corrected chi connectivity index (χ0v) is 15.5. The second kappa shape index (κ2) is 8.81. The molecule has 0 atom stereocenters. The molecule has 2 rings (SSSR count). The van der Waals surface area contributed by atoms with E-state index < -0.39 is 22.0 Å². The third kappa shape index (κ3) is 5.30. The molecule has 1 aliphatic carbocycles. The minimum absolute atomic E-state index is 0.0542. The van der Waals surface area contributed by atoms with Crippen LogP contribution in [-0.4, -0.2) is 40.6 Å². The van der Waals surface area contributed by atoms with Gasteiger partial charge in [0.2, 0.25) is 10.0 Å². The van der Waals surface area contributed by atoms with E-state index in [0.717, 1.165) is 31.8 Å². The molecule has 1 aromatic carbocycles. The number of benzene rings is 1. The molecule has 0 heterocycles. The Hall–Kier alpha value is -2.39. The molecule has 1 fully saturated rings. The Morgan fingerprint density at radius 1 is 1.15 bits per heavy atom. The molecular formula is C17H22N2O6S. The van der Waals surface area contributed by atoms with Crippen LogP contribution in [0, 0.1) is 0 Å². The molecule has 1 saturated carbocycles. The molecule has 0 saturated heterocycles. The zero-order chi connectivity index (χ0) is 19.2. The lowest BCUT2D eigenvalue weighted by molar-refractivity contribution is -0.138.